The minimum Gasteiger partial charge on any atom is -0.476 e. The Morgan fingerprint density at radius 2 is 2.33 bits per heavy atom. The van der Waals surface area contributed by atoms with Crippen molar-refractivity contribution in [3.63, 3.8) is 0 Å². The van der Waals surface area contributed by atoms with Crippen LogP contribution in [-0.2, 0) is 0 Å². The normalized spacial score (nSPS) is 12.1. The standard InChI is InChI=1S/C9H13N3O2S/c1-6(5-15-2)10-8-4-3-7(9(13)14)11-12-8/h3-4,6H,5H2,1-2H3,(H,10,12)(H,13,14). The van der Waals surface area contributed by atoms with E-state index in [1.807, 2.05) is 13.2 Å². The average molecular weight is 227 g/mol. The van der Waals surface area contributed by atoms with E-state index in [4.69, 9.17) is 5.11 Å². The van der Waals surface area contributed by atoms with Gasteiger partial charge in [-0.15, -0.1) is 10.2 Å². The Bertz CT molecular complexity index is 329. The SMILES string of the molecule is CSCC(C)Nc1ccc(C(=O)O)nn1. The van der Waals surface area contributed by atoms with Gasteiger partial charge in [-0.3, -0.25) is 0 Å². The summed E-state index contributed by atoms with van der Waals surface area (Å²) >= 11 is 1.73. The van der Waals surface area contributed by atoms with E-state index in [1.165, 1.54) is 6.07 Å². The van der Waals surface area contributed by atoms with Gasteiger partial charge in [0, 0.05) is 11.8 Å². The minimum absolute atomic E-state index is 0.0435. The molecule has 0 aliphatic rings. The van der Waals surface area contributed by atoms with Crippen LogP contribution >= 0.6 is 11.8 Å². The monoisotopic (exact) mass is 227 g/mol. The molecule has 2 N–H and O–H groups in total. The van der Waals surface area contributed by atoms with Gasteiger partial charge >= 0.3 is 5.97 Å². The number of carboxylic acid groups (broad SMARTS) is 1. The van der Waals surface area contributed by atoms with Crippen LogP contribution < -0.4 is 5.32 Å². The lowest BCUT2D eigenvalue weighted by molar-refractivity contribution is 0.0689. The van der Waals surface area contributed by atoms with Crippen molar-refractivity contribution < 1.29 is 9.90 Å². The van der Waals surface area contributed by atoms with Gasteiger partial charge in [0.25, 0.3) is 0 Å². The van der Waals surface area contributed by atoms with Crippen LogP contribution in [-0.4, -0.2) is 39.3 Å². The van der Waals surface area contributed by atoms with E-state index in [0.717, 1.165) is 5.75 Å². The average Bonchev–Trinajstić information content (AvgIpc) is 2.18. The number of nitrogens with zero attached hydrogens (tertiary/aromatic N) is 2. The van der Waals surface area contributed by atoms with Crippen molar-refractivity contribution in [2.24, 2.45) is 0 Å². The zero-order valence-corrected chi connectivity index (χ0v) is 9.41. The number of aromatic carboxylic acids is 1. The lowest BCUT2D eigenvalue weighted by atomic mass is 10.3. The first kappa shape index (κ1) is 11.8. The van der Waals surface area contributed by atoms with E-state index in [9.17, 15) is 4.79 Å². The zero-order chi connectivity index (χ0) is 11.3. The number of hydrogen-bond acceptors (Lipinski definition) is 5. The van der Waals surface area contributed by atoms with Gasteiger partial charge < -0.3 is 10.4 Å². The van der Waals surface area contributed by atoms with Crippen LogP contribution in [0.15, 0.2) is 12.1 Å². The van der Waals surface area contributed by atoms with Crippen molar-refractivity contribution >= 4 is 23.5 Å². The molecule has 15 heavy (non-hydrogen) atoms. The summed E-state index contributed by atoms with van der Waals surface area (Å²) in [4.78, 5) is 10.5. The Morgan fingerprint density at radius 3 is 2.80 bits per heavy atom. The molecular formula is C9H13N3O2S. The molecule has 0 aliphatic heterocycles. The van der Waals surface area contributed by atoms with Gasteiger partial charge in [-0.25, -0.2) is 4.79 Å². The molecular weight excluding hydrogens is 214 g/mol. The molecule has 0 amide bonds. The Morgan fingerprint density at radius 1 is 1.60 bits per heavy atom. The molecule has 0 saturated carbocycles. The second kappa shape index (κ2) is 5.55. The first-order valence-corrected chi connectivity index (χ1v) is 5.85. The largest absolute Gasteiger partial charge is 0.476 e. The molecule has 0 spiro atoms. The number of hydrogen-bond donors (Lipinski definition) is 2. The summed E-state index contributed by atoms with van der Waals surface area (Å²) in [6, 6.07) is 3.33. The number of nitrogens with one attached hydrogen (secondary N) is 1. The fraction of sp³-hybridized carbons (Fsp3) is 0.444. The molecule has 82 valence electrons. The fourth-order valence-electron chi connectivity index (χ4n) is 1.07. The Kier molecular flexibility index (Phi) is 4.36. The van der Waals surface area contributed by atoms with Crippen molar-refractivity contribution in [1.82, 2.24) is 10.2 Å². The van der Waals surface area contributed by atoms with Gasteiger partial charge in [0.1, 0.15) is 5.82 Å². The van der Waals surface area contributed by atoms with Gasteiger partial charge in [0.2, 0.25) is 0 Å². The number of aromatic nitrogens is 2. The van der Waals surface area contributed by atoms with Crippen LogP contribution in [0.5, 0.6) is 0 Å². The maximum absolute atomic E-state index is 10.5. The van der Waals surface area contributed by atoms with Crippen LogP contribution in [0.3, 0.4) is 0 Å². The first-order chi connectivity index (χ1) is 7.13. The highest BCUT2D eigenvalue weighted by Crippen LogP contribution is 2.06. The molecule has 0 bridgehead atoms. The van der Waals surface area contributed by atoms with Crippen molar-refractivity contribution in [2.75, 3.05) is 17.3 Å². The molecule has 1 aromatic rings. The molecule has 1 unspecified atom stereocenters. The maximum Gasteiger partial charge on any atom is 0.356 e. The summed E-state index contributed by atoms with van der Waals surface area (Å²) in [5.74, 6) is 0.496. The van der Waals surface area contributed by atoms with E-state index in [-0.39, 0.29) is 11.7 Å². The predicted molar refractivity (Wildman–Crippen MR) is 60.5 cm³/mol. The fourth-order valence-corrected chi connectivity index (χ4v) is 1.65. The Hall–Kier alpha value is -1.30. The van der Waals surface area contributed by atoms with Crippen LogP contribution in [0.4, 0.5) is 5.82 Å². The first-order valence-electron chi connectivity index (χ1n) is 4.46. The van der Waals surface area contributed by atoms with Crippen LogP contribution in [0.2, 0.25) is 0 Å². The molecule has 1 heterocycles. The van der Waals surface area contributed by atoms with Crippen LogP contribution in [0, 0.1) is 0 Å². The van der Waals surface area contributed by atoms with Crippen molar-refractivity contribution in [1.29, 1.82) is 0 Å². The summed E-state index contributed by atoms with van der Waals surface area (Å²) in [7, 11) is 0. The minimum atomic E-state index is -1.06. The predicted octanol–water partition coefficient (Wildman–Crippen LogP) is 1.34. The third kappa shape index (κ3) is 3.75. The van der Waals surface area contributed by atoms with Gasteiger partial charge in [-0.05, 0) is 25.3 Å². The molecule has 1 rings (SSSR count). The lowest BCUT2D eigenvalue weighted by Crippen LogP contribution is -2.19. The van der Waals surface area contributed by atoms with Gasteiger partial charge in [-0.1, -0.05) is 0 Å². The van der Waals surface area contributed by atoms with Crippen LogP contribution in [0.25, 0.3) is 0 Å². The quantitative estimate of drug-likeness (QED) is 0.790. The molecule has 6 heteroatoms. The van der Waals surface area contributed by atoms with E-state index in [2.05, 4.69) is 15.5 Å². The molecule has 1 atom stereocenters. The van der Waals surface area contributed by atoms with Gasteiger partial charge in [-0.2, -0.15) is 11.8 Å². The van der Waals surface area contributed by atoms with E-state index in [0.29, 0.717) is 5.82 Å². The highest BCUT2D eigenvalue weighted by Gasteiger charge is 2.06. The maximum atomic E-state index is 10.5. The topological polar surface area (TPSA) is 75.1 Å². The highest BCUT2D eigenvalue weighted by molar-refractivity contribution is 7.98. The van der Waals surface area contributed by atoms with E-state index >= 15 is 0 Å². The molecule has 0 fully saturated rings. The summed E-state index contributed by atoms with van der Waals surface area (Å²) in [5.41, 5.74) is -0.0435. The number of carbonyl (C=O) groups is 1. The lowest BCUT2D eigenvalue weighted by Gasteiger charge is -2.11. The third-order valence-corrected chi connectivity index (χ3v) is 2.53. The molecule has 1 aromatic heterocycles. The van der Waals surface area contributed by atoms with Crippen molar-refractivity contribution in [3.8, 4) is 0 Å². The second-order valence-electron chi connectivity index (χ2n) is 3.11. The third-order valence-electron chi connectivity index (χ3n) is 1.69. The molecule has 0 aliphatic carbocycles. The summed E-state index contributed by atoms with van der Waals surface area (Å²) < 4.78 is 0. The summed E-state index contributed by atoms with van der Waals surface area (Å²) in [6.45, 7) is 2.03. The number of anilines is 1. The van der Waals surface area contributed by atoms with E-state index in [1.54, 1.807) is 17.8 Å². The van der Waals surface area contributed by atoms with Gasteiger partial charge in [0.15, 0.2) is 5.69 Å². The molecule has 0 aromatic carbocycles. The van der Waals surface area contributed by atoms with Gasteiger partial charge in [0.05, 0.1) is 0 Å². The second-order valence-corrected chi connectivity index (χ2v) is 4.02. The van der Waals surface area contributed by atoms with Crippen molar-refractivity contribution in [3.05, 3.63) is 17.8 Å². The molecule has 0 radical (unpaired) electrons. The number of rotatable bonds is 5. The van der Waals surface area contributed by atoms with Crippen molar-refractivity contribution in [2.45, 2.75) is 13.0 Å². The molecule has 0 saturated heterocycles. The Balaban J connectivity index is 2.60. The summed E-state index contributed by atoms with van der Waals surface area (Å²) in [5, 5.41) is 19.1. The highest BCUT2D eigenvalue weighted by atomic mass is 32.2. The zero-order valence-electron chi connectivity index (χ0n) is 8.60. The molecule has 5 nitrogen and oxygen atoms in total. The number of thioether (sulfide) groups is 1. The number of carboxylic acids is 1. The Labute approximate surface area is 92.3 Å². The smallest absolute Gasteiger partial charge is 0.356 e. The van der Waals surface area contributed by atoms with Crippen LogP contribution in [0.1, 0.15) is 17.4 Å². The summed E-state index contributed by atoms with van der Waals surface area (Å²) in [6.07, 6.45) is 2.03. The van der Waals surface area contributed by atoms with E-state index < -0.39 is 5.97 Å².